The minimum Gasteiger partial charge on any atom is -0.476 e. The van der Waals surface area contributed by atoms with Gasteiger partial charge in [0.2, 0.25) is 0 Å². The molecule has 1 aromatic carbocycles. The molecule has 0 bridgehead atoms. The quantitative estimate of drug-likeness (QED) is 0.752. The van der Waals surface area contributed by atoms with Gasteiger partial charge in [0, 0.05) is 4.70 Å². The molecule has 2 aromatic heterocycles. The van der Waals surface area contributed by atoms with E-state index in [1.54, 1.807) is 0 Å². The fraction of sp³-hybridized carbons (Fsp3) is 0. The van der Waals surface area contributed by atoms with E-state index in [2.05, 4.69) is 4.98 Å². The lowest BCUT2D eigenvalue weighted by atomic mass is 10.2. The minimum atomic E-state index is -1.08. The largest absolute Gasteiger partial charge is 0.476 e. The summed E-state index contributed by atoms with van der Waals surface area (Å²) in [6.45, 7) is 0. The van der Waals surface area contributed by atoms with Crippen molar-refractivity contribution >= 4 is 27.4 Å². The van der Waals surface area contributed by atoms with Gasteiger partial charge in [0.25, 0.3) is 0 Å². The molecule has 84 valence electrons. The molecule has 2 heterocycles. The maximum Gasteiger partial charge on any atom is 0.358 e. The summed E-state index contributed by atoms with van der Waals surface area (Å²) in [4.78, 5) is 15.4. The first-order valence-corrected chi connectivity index (χ1v) is 5.73. The van der Waals surface area contributed by atoms with Gasteiger partial charge in [0.05, 0.1) is 4.88 Å². The average molecular weight is 245 g/mol. The zero-order valence-electron chi connectivity index (χ0n) is 8.58. The van der Waals surface area contributed by atoms with Crippen molar-refractivity contribution in [1.82, 2.24) is 4.98 Å². The predicted molar refractivity (Wildman–Crippen MR) is 64.3 cm³/mol. The number of benzene rings is 1. The van der Waals surface area contributed by atoms with Crippen LogP contribution in [0.2, 0.25) is 0 Å². The number of aromatic carboxylic acids is 1. The monoisotopic (exact) mass is 245 g/mol. The molecule has 0 amide bonds. The standard InChI is InChI=1S/C12H7NO3S/c14-12(15)10-11(16-6-13-10)9-5-7-3-1-2-4-8(7)17-9/h1-6H,(H,14,15). The van der Waals surface area contributed by atoms with E-state index in [-0.39, 0.29) is 5.69 Å². The third-order valence-electron chi connectivity index (χ3n) is 2.42. The smallest absolute Gasteiger partial charge is 0.358 e. The number of nitrogens with zero attached hydrogens (tertiary/aromatic N) is 1. The summed E-state index contributed by atoms with van der Waals surface area (Å²) in [6, 6.07) is 9.76. The molecule has 5 heteroatoms. The molecule has 3 rings (SSSR count). The summed E-state index contributed by atoms with van der Waals surface area (Å²) in [6.07, 6.45) is 1.16. The maximum absolute atomic E-state index is 11.0. The first-order chi connectivity index (χ1) is 8.25. The first kappa shape index (κ1) is 10.0. The molecule has 0 aliphatic carbocycles. The van der Waals surface area contributed by atoms with Crippen molar-refractivity contribution < 1.29 is 14.3 Å². The number of carboxylic acids is 1. The van der Waals surface area contributed by atoms with Crippen LogP contribution in [0.5, 0.6) is 0 Å². The van der Waals surface area contributed by atoms with Crippen LogP contribution in [0.1, 0.15) is 10.5 Å². The van der Waals surface area contributed by atoms with Crippen molar-refractivity contribution in [3.63, 3.8) is 0 Å². The van der Waals surface area contributed by atoms with Gasteiger partial charge in [-0.25, -0.2) is 9.78 Å². The Hall–Kier alpha value is -2.14. The molecule has 17 heavy (non-hydrogen) atoms. The van der Waals surface area contributed by atoms with Gasteiger partial charge < -0.3 is 9.52 Å². The van der Waals surface area contributed by atoms with Crippen LogP contribution in [-0.2, 0) is 0 Å². The zero-order chi connectivity index (χ0) is 11.8. The third kappa shape index (κ3) is 1.60. The van der Waals surface area contributed by atoms with Crippen molar-refractivity contribution in [3.05, 3.63) is 42.4 Å². The summed E-state index contributed by atoms with van der Waals surface area (Å²) in [5.74, 6) is -0.759. The molecule has 0 fully saturated rings. The first-order valence-electron chi connectivity index (χ1n) is 4.91. The van der Waals surface area contributed by atoms with Crippen LogP contribution in [-0.4, -0.2) is 16.1 Å². The summed E-state index contributed by atoms with van der Waals surface area (Å²) in [7, 11) is 0. The Kier molecular flexibility index (Phi) is 2.19. The zero-order valence-corrected chi connectivity index (χ0v) is 9.40. The Labute approximate surface area is 100 Å². The molecule has 1 N–H and O–H groups in total. The van der Waals surface area contributed by atoms with Crippen LogP contribution in [0, 0.1) is 0 Å². The summed E-state index contributed by atoms with van der Waals surface area (Å²) in [5.41, 5.74) is -0.0449. The van der Waals surface area contributed by atoms with Crippen molar-refractivity contribution in [1.29, 1.82) is 0 Å². The lowest BCUT2D eigenvalue weighted by molar-refractivity contribution is 0.0691. The number of carboxylic acid groups (broad SMARTS) is 1. The summed E-state index contributed by atoms with van der Waals surface area (Å²) in [5, 5.41) is 10.0. The Morgan fingerprint density at radius 2 is 2.18 bits per heavy atom. The number of rotatable bonds is 2. The molecular weight excluding hydrogens is 238 g/mol. The summed E-state index contributed by atoms with van der Waals surface area (Å²) >= 11 is 1.49. The van der Waals surface area contributed by atoms with E-state index in [0.717, 1.165) is 21.4 Å². The predicted octanol–water partition coefficient (Wildman–Crippen LogP) is 3.25. The molecule has 0 saturated carbocycles. The normalized spacial score (nSPS) is 10.8. The van der Waals surface area contributed by atoms with Crippen molar-refractivity contribution in [2.45, 2.75) is 0 Å². The van der Waals surface area contributed by atoms with Gasteiger partial charge in [-0.2, -0.15) is 0 Å². The third-order valence-corrected chi connectivity index (χ3v) is 3.53. The Morgan fingerprint density at radius 3 is 2.94 bits per heavy atom. The number of thiophene rings is 1. The van der Waals surface area contributed by atoms with Crippen molar-refractivity contribution in [2.24, 2.45) is 0 Å². The number of oxazole rings is 1. The van der Waals surface area contributed by atoms with Gasteiger partial charge in [-0.15, -0.1) is 11.3 Å². The number of hydrogen-bond acceptors (Lipinski definition) is 4. The second-order valence-electron chi connectivity index (χ2n) is 3.48. The number of aromatic nitrogens is 1. The molecule has 3 aromatic rings. The maximum atomic E-state index is 11.0. The van der Waals surface area contributed by atoms with Crippen molar-refractivity contribution in [2.75, 3.05) is 0 Å². The van der Waals surface area contributed by atoms with E-state index >= 15 is 0 Å². The van der Waals surface area contributed by atoms with Gasteiger partial charge in [0.1, 0.15) is 0 Å². The van der Waals surface area contributed by atoms with E-state index in [0.29, 0.717) is 5.76 Å². The SMILES string of the molecule is O=C(O)c1ncoc1-c1cc2ccccc2s1. The van der Waals surface area contributed by atoms with Gasteiger partial charge in [-0.1, -0.05) is 18.2 Å². The number of hydrogen-bond donors (Lipinski definition) is 1. The fourth-order valence-electron chi connectivity index (χ4n) is 1.67. The van der Waals surface area contributed by atoms with Crippen LogP contribution >= 0.6 is 11.3 Å². The van der Waals surface area contributed by atoms with E-state index in [1.807, 2.05) is 30.3 Å². The van der Waals surface area contributed by atoms with Crippen molar-refractivity contribution in [3.8, 4) is 10.6 Å². The van der Waals surface area contributed by atoms with Crippen LogP contribution in [0.3, 0.4) is 0 Å². The molecule has 0 radical (unpaired) electrons. The molecule has 0 saturated heterocycles. The number of fused-ring (bicyclic) bond motifs is 1. The second kappa shape index (κ2) is 3.71. The van der Waals surface area contributed by atoms with Gasteiger partial charge in [-0.3, -0.25) is 0 Å². The highest BCUT2D eigenvalue weighted by atomic mass is 32.1. The number of carbonyl (C=O) groups is 1. The second-order valence-corrected chi connectivity index (χ2v) is 4.57. The lowest BCUT2D eigenvalue weighted by Crippen LogP contribution is -1.97. The van der Waals surface area contributed by atoms with E-state index in [4.69, 9.17) is 9.52 Å². The van der Waals surface area contributed by atoms with Crippen LogP contribution in [0.15, 0.2) is 41.1 Å². The fourth-order valence-corrected chi connectivity index (χ4v) is 2.72. The molecule has 0 aliphatic heterocycles. The molecule has 0 spiro atoms. The van der Waals surface area contributed by atoms with E-state index < -0.39 is 5.97 Å². The van der Waals surface area contributed by atoms with Gasteiger partial charge in [-0.05, 0) is 17.5 Å². The highest BCUT2D eigenvalue weighted by molar-refractivity contribution is 7.22. The Bertz CT molecular complexity index is 665. The summed E-state index contributed by atoms with van der Waals surface area (Å²) < 4.78 is 6.25. The van der Waals surface area contributed by atoms with Crippen LogP contribution in [0.4, 0.5) is 0 Å². The van der Waals surface area contributed by atoms with E-state index in [9.17, 15) is 4.79 Å². The molecular formula is C12H7NO3S. The highest BCUT2D eigenvalue weighted by Gasteiger charge is 2.18. The lowest BCUT2D eigenvalue weighted by Gasteiger charge is -1.91. The average Bonchev–Trinajstić information content (AvgIpc) is 2.95. The molecule has 0 atom stereocenters. The van der Waals surface area contributed by atoms with E-state index in [1.165, 1.54) is 11.3 Å². The Morgan fingerprint density at radius 1 is 1.35 bits per heavy atom. The minimum absolute atomic E-state index is 0.0449. The van der Waals surface area contributed by atoms with Crippen LogP contribution < -0.4 is 0 Å². The molecule has 0 unspecified atom stereocenters. The molecule has 0 aliphatic rings. The van der Waals surface area contributed by atoms with Gasteiger partial charge in [0.15, 0.2) is 17.8 Å². The highest BCUT2D eigenvalue weighted by Crippen LogP contribution is 2.34. The molecule has 4 nitrogen and oxygen atoms in total. The Balaban J connectivity index is 2.20. The van der Waals surface area contributed by atoms with Crippen LogP contribution in [0.25, 0.3) is 20.7 Å². The van der Waals surface area contributed by atoms with Gasteiger partial charge >= 0.3 is 5.97 Å². The topological polar surface area (TPSA) is 63.3 Å².